The van der Waals surface area contributed by atoms with E-state index in [1.165, 1.54) is 0 Å². The van der Waals surface area contributed by atoms with Crippen LogP contribution in [0.3, 0.4) is 0 Å². The van der Waals surface area contributed by atoms with Crippen LogP contribution in [0.15, 0.2) is 47.6 Å². The first kappa shape index (κ1) is 18.0. The van der Waals surface area contributed by atoms with Gasteiger partial charge in [-0.1, -0.05) is 23.7 Å². The minimum atomic E-state index is 0.109. The Balaban J connectivity index is 2.10. The van der Waals surface area contributed by atoms with Gasteiger partial charge >= 0.3 is 0 Å². The third-order valence-corrected chi connectivity index (χ3v) is 3.27. The second-order valence-corrected chi connectivity index (χ2v) is 5.67. The fourth-order valence-electron chi connectivity index (χ4n) is 1.95. The number of nitrogens with zero attached hydrogens (tertiary/aromatic N) is 1. The molecule has 0 saturated heterocycles. The van der Waals surface area contributed by atoms with Gasteiger partial charge in [0.25, 0.3) is 0 Å². The molecule has 3 N–H and O–H groups in total. The van der Waals surface area contributed by atoms with Crippen LogP contribution in [0.4, 0.5) is 0 Å². The predicted molar refractivity (Wildman–Crippen MR) is 101 cm³/mol. The van der Waals surface area contributed by atoms with Gasteiger partial charge in [0.05, 0.1) is 12.8 Å². The van der Waals surface area contributed by atoms with Gasteiger partial charge in [-0.2, -0.15) is 5.10 Å². The number of hydrazone groups is 1. The van der Waals surface area contributed by atoms with Crippen LogP contribution < -0.4 is 20.6 Å². The van der Waals surface area contributed by atoms with E-state index in [-0.39, 0.29) is 5.11 Å². The first-order chi connectivity index (χ1) is 11.6. The van der Waals surface area contributed by atoms with Crippen LogP contribution in [0, 0.1) is 0 Å². The van der Waals surface area contributed by atoms with Gasteiger partial charge in [-0.15, -0.1) is 0 Å². The summed E-state index contributed by atoms with van der Waals surface area (Å²) < 4.78 is 11.5. The first-order valence-corrected chi connectivity index (χ1v) is 8.09. The van der Waals surface area contributed by atoms with Crippen molar-refractivity contribution in [2.24, 2.45) is 10.8 Å². The highest BCUT2D eigenvalue weighted by Gasteiger charge is 2.07. The Labute approximate surface area is 151 Å². The molecule has 24 heavy (non-hydrogen) atoms. The molecule has 0 aliphatic heterocycles. The summed E-state index contributed by atoms with van der Waals surface area (Å²) in [5, 5.41) is 4.71. The van der Waals surface area contributed by atoms with Crippen molar-refractivity contribution < 1.29 is 9.47 Å². The zero-order valence-corrected chi connectivity index (χ0v) is 14.7. The summed E-state index contributed by atoms with van der Waals surface area (Å²) in [6.07, 6.45) is 1.60. The molecule has 2 aromatic carbocycles. The van der Waals surface area contributed by atoms with Gasteiger partial charge in [0.15, 0.2) is 16.6 Å². The highest BCUT2D eigenvalue weighted by Crippen LogP contribution is 2.29. The fraction of sp³-hybridized carbons (Fsp3) is 0.176. The normalized spacial score (nSPS) is 10.6. The van der Waals surface area contributed by atoms with Crippen molar-refractivity contribution in [2.45, 2.75) is 13.5 Å². The van der Waals surface area contributed by atoms with Crippen LogP contribution in [-0.4, -0.2) is 17.9 Å². The van der Waals surface area contributed by atoms with E-state index < -0.39 is 0 Å². The van der Waals surface area contributed by atoms with Crippen molar-refractivity contribution in [3.63, 3.8) is 0 Å². The molecule has 0 saturated carbocycles. The van der Waals surface area contributed by atoms with E-state index in [1.807, 2.05) is 49.4 Å². The first-order valence-electron chi connectivity index (χ1n) is 7.31. The zero-order chi connectivity index (χ0) is 17.4. The summed E-state index contributed by atoms with van der Waals surface area (Å²) in [6.45, 7) is 2.84. The molecule has 0 aromatic heterocycles. The minimum Gasteiger partial charge on any atom is -0.490 e. The molecule has 0 bridgehead atoms. The molecule has 0 atom stereocenters. The molecule has 0 fully saturated rings. The van der Waals surface area contributed by atoms with Gasteiger partial charge in [0.1, 0.15) is 6.61 Å². The average molecular weight is 364 g/mol. The Bertz CT molecular complexity index is 738. The highest BCUT2D eigenvalue weighted by molar-refractivity contribution is 7.80. The fourth-order valence-corrected chi connectivity index (χ4v) is 2.22. The monoisotopic (exact) mass is 363 g/mol. The maximum Gasteiger partial charge on any atom is 0.184 e. The van der Waals surface area contributed by atoms with Crippen LogP contribution >= 0.6 is 23.8 Å². The van der Waals surface area contributed by atoms with Crippen molar-refractivity contribution in [1.29, 1.82) is 0 Å². The topological polar surface area (TPSA) is 68.9 Å². The number of hydrogen-bond donors (Lipinski definition) is 2. The Morgan fingerprint density at radius 1 is 1.25 bits per heavy atom. The molecule has 0 heterocycles. The summed E-state index contributed by atoms with van der Waals surface area (Å²) in [4.78, 5) is 0. The Hall–Kier alpha value is -2.31. The number of benzene rings is 2. The van der Waals surface area contributed by atoms with Gasteiger partial charge < -0.3 is 15.2 Å². The summed E-state index contributed by atoms with van der Waals surface area (Å²) >= 11 is 10.7. The smallest absolute Gasteiger partial charge is 0.184 e. The van der Waals surface area contributed by atoms with E-state index in [2.05, 4.69) is 22.7 Å². The molecular weight excluding hydrogens is 346 g/mol. The third kappa shape index (κ3) is 5.72. The maximum absolute atomic E-state index is 5.98. The van der Waals surface area contributed by atoms with Crippen LogP contribution in [-0.2, 0) is 6.61 Å². The molecule has 5 nitrogen and oxygen atoms in total. The standard InChI is InChI=1S/C17H18ClN3O2S/c1-2-22-16-9-12(10-20-21-17(19)24)6-7-15(16)23-11-13-4-3-5-14(18)8-13/h3-10H,2,11H2,1H3,(H3,19,21,24)/b20-10+. The Morgan fingerprint density at radius 3 is 2.79 bits per heavy atom. The van der Waals surface area contributed by atoms with Crippen molar-refractivity contribution in [3.05, 3.63) is 58.6 Å². The van der Waals surface area contributed by atoms with Crippen molar-refractivity contribution in [1.82, 2.24) is 5.43 Å². The lowest BCUT2D eigenvalue weighted by atomic mass is 10.2. The predicted octanol–water partition coefficient (Wildman–Crippen LogP) is 3.48. The second kappa shape index (κ2) is 9.10. The lowest BCUT2D eigenvalue weighted by Crippen LogP contribution is -2.23. The van der Waals surface area contributed by atoms with E-state index in [0.29, 0.717) is 29.7 Å². The molecule has 0 radical (unpaired) electrons. The highest BCUT2D eigenvalue weighted by atomic mass is 35.5. The molecule has 0 unspecified atom stereocenters. The molecule has 0 aliphatic carbocycles. The van der Waals surface area contributed by atoms with E-state index in [4.69, 9.17) is 26.8 Å². The van der Waals surface area contributed by atoms with Gasteiger partial charge in [0, 0.05) is 5.02 Å². The summed E-state index contributed by atoms with van der Waals surface area (Å²) in [7, 11) is 0. The summed E-state index contributed by atoms with van der Waals surface area (Å²) in [5.41, 5.74) is 9.64. The molecule has 0 aliphatic rings. The van der Waals surface area contributed by atoms with Crippen LogP contribution in [0.25, 0.3) is 0 Å². The largest absolute Gasteiger partial charge is 0.490 e. The van der Waals surface area contributed by atoms with Crippen molar-refractivity contribution >= 4 is 35.1 Å². The molecule has 126 valence electrons. The van der Waals surface area contributed by atoms with E-state index >= 15 is 0 Å². The summed E-state index contributed by atoms with van der Waals surface area (Å²) in [6, 6.07) is 13.1. The van der Waals surface area contributed by atoms with Gasteiger partial charge in [-0.05, 0) is 60.6 Å². The van der Waals surface area contributed by atoms with E-state index in [1.54, 1.807) is 6.21 Å². The number of nitrogens with one attached hydrogen (secondary N) is 1. The maximum atomic E-state index is 5.98. The van der Waals surface area contributed by atoms with Crippen LogP contribution in [0.2, 0.25) is 5.02 Å². The number of ether oxygens (including phenoxy) is 2. The van der Waals surface area contributed by atoms with E-state index in [9.17, 15) is 0 Å². The van der Waals surface area contributed by atoms with Crippen LogP contribution in [0.1, 0.15) is 18.1 Å². The molecule has 0 amide bonds. The molecule has 7 heteroatoms. The molecular formula is C17H18ClN3O2S. The lowest BCUT2D eigenvalue weighted by Gasteiger charge is -2.12. The molecule has 2 rings (SSSR count). The SMILES string of the molecule is CCOc1cc(/C=N/NC(N)=S)ccc1OCc1cccc(Cl)c1. The van der Waals surface area contributed by atoms with Gasteiger partial charge in [-0.3, -0.25) is 5.43 Å². The molecule has 2 aromatic rings. The third-order valence-electron chi connectivity index (χ3n) is 2.94. The minimum absolute atomic E-state index is 0.109. The average Bonchev–Trinajstić information content (AvgIpc) is 2.54. The number of rotatable bonds is 7. The van der Waals surface area contributed by atoms with Crippen molar-refractivity contribution in [3.8, 4) is 11.5 Å². The van der Waals surface area contributed by atoms with Gasteiger partial charge in [0.2, 0.25) is 0 Å². The number of halogens is 1. The molecule has 0 spiro atoms. The summed E-state index contributed by atoms with van der Waals surface area (Å²) in [5.74, 6) is 1.29. The van der Waals surface area contributed by atoms with Crippen LogP contribution in [0.5, 0.6) is 11.5 Å². The lowest BCUT2D eigenvalue weighted by molar-refractivity contribution is 0.269. The number of hydrogen-bond acceptors (Lipinski definition) is 4. The Kier molecular flexibility index (Phi) is 6.84. The number of nitrogens with two attached hydrogens (primary N) is 1. The quantitative estimate of drug-likeness (QED) is 0.447. The van der Waals surface area contributed by atoms with E-state index in [0.717, 1.165) is 11.1 Å². The zero-order valence-electron chi connectivity index (χ0n) is 13.2. The number of thiocarbonyl (C=S) groups is 1. The van der Waals surface area contributed by atoms with Crippen molar-refractivity contribution in [2.75, 3.05) is 6.61 Å². The second-order valence-electron chi connectivity index (χ2n) is 4.79. The van der Waals surface area contributed by atoms with Gasteiger partial charge in [-0.25, -0.2) is 0 Å². The Morgan fingerprint density at radius 2 is 2.08 bits per heavy atom.